The van der Waals surface area contributed by atoms with Gasteiger partial charge in [0.1, 0.15) is 5.82 Å². The fraction of sp³-hybridized carbons (Fsp3) is 0. The summed E-state index contributed by atoms with van der Waals surface area (Å²) in [6.07, 6.45) is 0. The molecule has 11 rings (SSSR count). The molecule has 8 aromatic carbocycles. The van der Waals surface area contributed by atoms with Crippen LogP contribution in [0.25, 0.3) is 99.0 Å². The van der Waals surface area contributed by atoms with E-state index in [0.717, 1.165) is 44.4 Å². The van der Waals surface area contributed by atoms with Gasteiger partial charge in [-0.05, 0) is 82.2 Å². The summed E-state index contributed by atoms with van der Waals surface area (Å²) in [4.78, 5) is 10.6. The summed E-state index contributed by atoms with van der Waals surface area (Å²) < 4.78 is 4.69. The molecule has 0 atom stereocenters. The Morgan fingerprint density at radius 2 is 1.04 bits per heavy atom. The second kappa shape index (κ2) is 10.4. The molecule has 0 fully saturated rings. The number of benzene rings is 8. The van der Waals surface area contributed by atoms with E-state index >= 15 is 0 Å². The molecule has 0 amide bonds. The maximum absolute atomic E-state index is 5.40. The van der Waals surface area contributed by atoms with Gasteiger partial charge in [0.2, 0.25) is 0 Å². The molecule has 50 heavy (non-hydrogen) atoms. The summed E-state index contributed by atoms with van der Waals surface area (Å²) in [6, 6.07) is 60.7. The SMILES string of the molecule is c1ccc(-n2c3ccccc3c3c4ccc(-c5nc(-n6c7ccccc7c7cc8ccccc8cc76)c6ccccc6n5)cc4ccc32)cc1. The minimum atomic E-state index is 0.708. The van der Waals surface area contributed by atoms with Gasteiger partial charge in [0, 0.05) is 38.2 Å². The van der Waals surface area contributed by atoms with Crippen LogP contribution < -0.4 is 0 Å². The lowest BCUT2D eigenvalue weighted by Gasteiger charge is -2.13. The van der Waals surface area contributed by atoms with E-state index in [-0.39, 0.29) is 0 Å². The van der Waals surface area contributed by atoms with Crippen LogP contribution in [0.5, 0.6) is 0 Å². The highest BCUT2D eigenvalue weighted by Gasteiger charge is 2.19. The van der Waals surface area contributed by atoms with E-state index in [1.807, 2.05) is 0 Å². The van der Waals surface area contributed by atoms with Crippen molar-refractivity contribution in [3.8, 4) is 22.9 Å². The average Bonchev–Trinajstić information content (AvgIpc) is 3.69. The number of rotatable bonds is 3. The van der Waals surface area contributed by atoms with Gasteiger partial charge in [0.15, 0.2) is 5.82 Å². The lowest BCUT2D eigenvalue weighted by Crippen LogP contribution is -2.02. The molecule has 0 aliphatic heterocycles. The van der Waals surface area contributed by atoms with Crippen LogP contribution in [0.3, 0.4) is 0 Å². The maximum atomic E-state index is 5.40. The zero-order chi connectivity index (χ0) is 32.8. The predicted octanol–water partition coefficient (Wildman–Crippen LogP) is 11.8. The van der Waals surface area contributed by atoms with Crippen LogP contribution in [0, 0.1) is 0 Å². The third-order valence-corrected chi connectivity index (χ3v) is 10.3. The number of fused-ring (bicyclic) bond motifs is 10. The molecule has 0 radical (unpaired) electrons. The van der Waals surface area contributed by atoms with E-state index in [1.54, 1.807) is 0 Å². The van der Waals surface area contributed by atoms with Gasteiger partial charge in [-0.15, -0.1) is 0 Å². The largest absolute Gasteiger partial charge is 0.309 e. The fourth-order valence-electron chi connectivity index (χ4n) is 8.03. The predicted molar refractivity (Wildman–Crippen MR) is 209 cm³/mol. The van der Waals surface area contributed by atoms with Gasteiger partial charge >= 0.3 is 0 Å². The molecule has 232 valence electrons. The van der Waals surface area contributed by atoms with Gasteiger partial charge in [0.25, 0.3) is 0 Å². The maximum Gasteiger partial charge on any atom is 0.162 e. The quantitative estimate of drug-likeness (QED) is 0.193. The Bertz CT molecular complexity index is 3150. The third-order valence-electron chi connectivity index (χ3n) is 10.3. The first kappa shape index (κ1) is 27.2. The van der Waals surface area contributed by atoms with E-state index in [0.29, 0.717) is 5.82 Å². The number of hydrogen-bond donors (Lipinski definition) is 0. The molecule has 11 aromatic rings. The highest BCUT2D eigenvalue weighted by Crippen LogP contribution is 2.39. The van der Waals surface area contributed by atoms with Crippen LogP contribution in [0.4, 0.5) is 0 Å². The first-order valence-electron chi connectivity index (χ1n) is 17.0. The zero-order valence-electron chi connectivity index (χ0n) is 27.0. The summed E-state index contributed by atoms with van der Waals surface area (Å²) in [5.74, 6) is 1.59. The Balaban J connectivity index is 1.16. The van der Waals surface area contributed by atoms with Crippen LogP contribution >= 0.6 is 0 Å². The van der Waals surface area contributed by atoms with Crippen LogP contribution in [0.15, 0.2) is 170 Å². The Kier molecular flexibility index (Phi) is 5.63. The smallest absolute Gasteiger partial charge is 0.162 e. The van der Waals surface area contributed by atoms with E-state index in [9.17, 15) is 0 Å². The molecule has 3 heterocycles. The van der Waals surface area contributed by atoms with E-state index in [2.05, 4.69) is 179 Å². The molecule has 0 unspecified atom stereocenters. The molecular formula is C46H28N4. The Labute approximate surface area is 287 Å². The van der Waals surface area contributed by atoms with Crippen molar-refractivity contribution in [1.82, 2.24) is 19.1 Å². The summed E-state index contributed by atoms with van der Waals surface area (Å²) in [7, 11) is 0. The van der Waals surface area contributed by atoms with Crippen molar-refractivity contribution < 1.29 is 0 Å². The highest BCUT2D eigenvalue weighted by atomic mass is 15.1. The molecule has 0 N–H and O–H groups in total. The van der Waals surface area contributed by atoms with Crippen LogP contribution in [-0.2, 0) is 0 Å². The fourth-order valence-corrected chi connectivity index (χ4v) is 8.03. The van der Waals surface area contributed by atoms with Gasteiger partial charge in [-0.2, -0.15) is 0 Å². The van der Waals surface area contributed by atoms with Gasteiger partial charge < -0.3 is 4.57 Å². The topological polar surface area (TPSA) is 35.6 Å². The second-order valence-corrected chi connectivity index (χ2v) is 13.0. The summed E-state index contributed by atoms with van der Waals surface area (Å²) >= 11 is 0. The van der Waals surface area contributed by atoms with Crippen molar-refractivity contribution in [2.24, 2.45) is 0 Å². The first-order valence-corrected chi connectivity index (χ1v) is 17.0. The molecular weight excluding hydrogens is 609 g/mol. The van der Waals surface area contributed by atoms with E-state index < -0.39 is 0 Å². The Morgan fingerprint density at radius 1 is 0.360 bits per heavy atom. The minimum absolute atomic E-state index is 0.708. The van der Waals surface area contributed by atoms with Crippen molar-refractivity contribution >= 4 is 76.1 Å². The van der Waals surface area contributed by atoms with Crippen LogP contribution in [0.2, 0.25) is 0 Å². The van der Waals surface area contributed by atoms with Gasteiger partial charge in [-0.25, -0.2) is 9.97 Å². The highest BCUT2D eigenvalue weighted by molar-refractivity contribution is 6.21. The lowest BCUT2D eigenvalue weighted by molar-refractivity contribution is 1.08. The van der Waals surface area contributed by atoms with E-state index in [4.69, 9.17) is 9.97 Å². The van der Waals surface area contributed by atoms with Crippen LogP contribution in [-0.4, -0.2) is 19.1 Å². The summed E-state index contributed by atoms with van der Waals surface area (Å²) in [6.45, 7) is 0. The van der Waals surface area contributed by atoms with Crippen LogP contribution in [0.1, 0.15) is 0 Å². The molecule has 0 bridgehead atoms. The Morgan fingerprint density at radius 3 is 1.88 bits per heavy atom. The third kappa shape index (κ3) is 3.87. The first-order chi connectivity index (χ1) is 24.8. The second-order valence-electron chi connectivity index (χ2n) is 13.0. The van der Waals surface area contributed by atoms with Crippen molar-refractivity contribution in [1.29, 1.82) is 0 Å². The van der Waals surface area contributed by atoms with Crippen molar-refractivity contribution in [2.45, 2.75) is 0 Å². The minimum Gasteiger partial charge on any atom is -0.309 e. The molecule has 4 nitrogen and oxygen atoms in total. The summed E-state index contributed by atoms with van der Waals surface area (Å²) in [5.41, 5.74) is 7.72. The molecule has 0 aliphatic rings. The molecule has 3 aromatic heterocycles. The van der Waals surface area contributed by atoms with Gasteiger partial charge in [-0.3, -0.25) is 4.57 Å². The van der Waals surface area contributed by atoms with E-state index in [1.165, 1.54) is 48.7 Å². The number of aromatic nitrogens is 4. The number of para-hydroxylation sites is 4. The number of hydrogen-bond acceptors (Lipinski definition) is 2. The van der Waals surface area contributed by atoms with Gasteiger partial charge in [0.05, 0.1) is 27.6 Å². The zero-order valence-corrected chi connectivity index (χ0v) is 27.0. The Hall–Kier alpha value is -6.78. The number of nitrogens with zero attached hydrogens (tertiary/aromatic N) is 4. The van der Waals surface area contributed by atoms with Crippen molar-refractivity contribution in [2.75, 3.05) is 0 Å². The molecule has 0 saturated heterocycles. The van der Waals surface area contributed by atoms with Crippen molar-refractivity contribution in [3.05, 3.63) is 170 Å². The van der Waals surface area contributed by atoms with Gasteiger partial charge in [-0.1, -0.05) is 109 Å². The molecule has 0 saturated carbocycles. The average molecular weight is 637 g/mol. The molecule has 0 spiro atoms. The standard InChI is InChI=1S/C46H28N4/c1-2-14-33(15-3-1)49-41-21-11-8-18-37(41)44-34-24-22-32(26-31(34)23-25-42(44)49)45-47-39-19-9-6-17-36(39)46(48-45)50-40-20-10-7-16-35(40)38-27-29-12-4-5-13-30(29)28-43(38)50/h1-28H. The normalized spacial score (nSPS) is 12.0. The molecule has 4 heteroatoms. The monoisotopic (exact) mass is 636 g/mol. The van der Waals surface area contributed by atoms with Crippen molar-refractivity contribution in [3.63, 3.8) is 0 Å². The summed E-state index contributed by atoms with van der Waals surface area (Å²) in [5, 5.41) is 10.8. The lowest BCUT2D eigenvalue weighted by atomic mass is 10.0. The molecule has 0 aliphatic carbocycles.